The summed E-state index contributed by atoms with van der Waals surface area (Å²) in [4.78, 5) is 6.81. The van der Waals surface area contributed by atoms with Crippen molar-refractivity contribution in [2.45, 2.75) is 12.8 Å². The van der Waals surface area contributed by atoms with Gasteiger partial charge in [-0.25, -0.2) is 0 Å². The summed E-state index contributed by atoms with van der Waals surface area (Å²) in [5.41, 5.74) is 2.50. The summed E-state index contributed by atoms with van der Waals surface area (Å²) in [5, 5.41) is 6.89. The maximum atomic E-state index is 5.42. The minimum absolute atomic E-state index is 0.622. The van der Waals surface area contributed by atoms with Crippen molar-refractivity contribution in [3.63, 3.8) is 0 Å². The first-order chi connectivity index (χ1) is 13.7. The Morgan fingerprint density at radius 3 is 2.71 bits per heavy atom. The zero-order valence-electron chi connectivity index (χ0n) is 16.6. The molecular formula is C22H29BrN4O. The molecule has 2 aromatic rings. The lowest BCUT2D eigenvalue weighted by molar-refractivity contribution is 0.409. The van der Waals surface area contributed by atoms with Crippen LogP contribution in [0.25, 0.3) is 0 Å². The molecule has 6 heteroatoms. The summed E-state index contributed by atoms with van der Waals surface area (Å²) in [6.07, 6.45) is 2.09. The Kier molecular flexibility index (Phi) is 7.60. The zero-order chi connectivity index (χ0) is 19.8. The molecule has 28 heavy (non-hydrogen) atoms. The van der Waals surface area contributed by atoms with E-state index in [2.05, 4.69) is 66.8 Å². The van der Waals surface area contributed by atoms with Crippen LogP contribution in [-0.4, -0.2) is 46.3 Å². The van der Waals surface area contributed by atoms with E-state index in [1.54, 1.807) is 7.11 Å². The largest absolute Gasteiger partial charge is 0.496 e. The summed E-state index contributed by atoms with van der Waals surface area (Å²) >= 11 is 3.50. The number of hydrogen-bond donors (Lipinski definition) is 2. The van der Waals surface area contributed by atoms with Crippen LogP contribution in [0.2, 0.25) is 0 Å². The number of rotatable bonds is 7. The molecule has 1 unspecified atom stereocenters. The number of nitrogens with zero attached hydrogens (tertiary/aromatic N) is 2. The van der Waals surface area contributed by atoms with Gasteiger partial charge in [0.05, 0.1) is 7.11 Å². The lowest BCUT2D eigenvalue weighted by Gasteiger charge is -2.19. The molecule has 1 fully saturated rings. The predicted molar refractivity (Wildman–Crippen MR) is 121 cm³/mol. The van der Waals surface area contributed by atoms with Crippen LogP contribution < -0.4 is 20.3 Å². The van der Waals surface area contributed by atoms with E-state index in [0.717, 1.165) is 48.8 Å². The van der Waals surface area contributed by atoms with Crippen molar-refractivity contribution in [3.8, 4) is 5.75 Å². The smallest absolute Gasteiger partial charge is 0.190 e. The number of benzene rings is 2. The van der Waals surface area contributed by atoms with Crippen molar-refractivity contribution in [3.05, 3.63) is 58.6 Å². The Labute approximate surface area is 176 Å². The summed E-state index contributed by atoms with van der Waals surface area (Å²) in [7, 11) is 3.53. The molecular weight excluding hydrogens is 416 g/mol. The summed E-state index contributed by atoms with van der Waals surface area (Å²) in [6.45, 7) is 3.93. The van der Waals surface area contributed by atoms with Crippen LogP contribution >= 0.6 is 15.9 Å². The van der Waals surface area contributed by atoms with Crippen molar-refractivity contribution >= 4 is 27.6 Å². The first-order valence-corrected chi connectivity index (χ1v) is 10.6. The van der Waals surface area contributed by atoms with E-state index in [1.165, 1.54) is 17.7 Å². The van der Waals surface area contributed by atoms with Gasteiger partial charge in [0, 0.05) is 43.4 Å². The van der Waals surface area contributed by atoms with Crippen LogP contribution in [0, 0.1) is 5.92 Å². The molecule has 0 aromatic heterocycles. The number of aliphatic imine (C=N–C) groups is 1. The monoisotopic (exact) mass is 444 g/mol. The quantitative estimate of drug-likeness (QED) is 0.504. The molecule has 5 nitrogen and oxygen atoms in total. The number of ether oxygens (including phenoxy) is 1. The molecule has 0 aliphatic carbocycles. The molecule has 0 saturated carbocycles. The molecule has 1 aliphatic rings. The molecule has 0 radical (unpaired) electrons. The van der Waals surface area contributed by atoms with Gasteiger partial charge in [0.2, 0.25) is 0 Å². The van der Waals surface area contributed by atoms with E-state index >= 15 is 0 Å². The van der Waals surface area contributed by atoms with Gasteiger partial charge in [-0.2, -0.15) is 0 Å². The highest BCUT2D eigenvalue weighted by Gasteiger charge is 2.22. The molecule has 0 spiro atoms. The van der Waals surface area contributed by atoms with Gasteiger partial charge in [-0.05, 0) is 54.7 Å². The third-order valence-corrected chi connectivity index (χ3v) is 5.67. The minimum atomic E-state index is 0.622. The highest BCUT2D eigenvalue weighted by molar-refractivity contribution is 9.10. The van der Waals surface area contributed by atoms with Crippen LogP contribution in [0.3, 0.4) is 0 Å². The first kappa shape index (κ1) is 20.5. The Morgan fingerprint density at radius 2 is 1.96 bits per heavy atom. The second kappa shape index (κ2) is 10.4. The third kappa shape index (κ3) is 5.64. The fourth-order valence-electron chi connectivity index (χ4n) is 3.57. The van der Waals surface area contributed by atoms with Crippen LogP contribution in [0.15, 0.2) is 58.0 Å². The number of methoxy groups -OCH3 is 1. The van der Waals surface area contributed by atoms with Gasteiger partial charge >= 0.3 is 0 Å². The molecule has 0 amide bonds. The Hall–Kier alpha value is -2.21. The third-order valence-electron chi connectivity index (χ3n) is 5.14. The van der Waals surface area contributed by atoms with Crippen LogP contribution in [0.1, 0.15) is 12.0 Å². The van der Waals surface area contributed by atoms with Gasteiger partial charge in [0.1, 0.15) is 5.75 Å². The summed E-state index contributed by atoms with van der Waals surface area (Å²) in [6, 6.07) is 16.7. The topological polar surface area (TPSA) is 48.9 Å². The number of anilines is 1. The molecule has 1 saturated heterocycles. The van der Waals surface area contributed by atoms with E-state index in [0.29, 0.717) is 5.92 Å². The van der Waals surface area contributed by atoms with Gasteiger partial charge in [-0.15, -0.1) is 0 Å². The van der Waals surface area contributed by atoms with Gasteiger partial charge in [-0.3, -0.25) is 4.99 Å². The van der Waals surface area contributed by atoms with Crippen LogP contribution in [0.5, 0.6) is 5.75 Å². The van der Waals surface area contributed by atoms with Crippen LogP contribution in [0.4, 0.5) is 5.69 Å². The van der Waals surface area contributed by atoms with Crippen molar-refractivity contribution in [2.24, 2.45) is 10.9 Å². The molecule has 1 atom stereocenters. The maximum absolute atomic E-state index is 5.42. The van der Waals surface area contributed by atoms with Gasteiger partial charge in [0.25, 0.3) is 0 Å². The number of halogens is 1. The van der Waals surface area contributed by atoms with E-state index < -0.39 is 0 Å². The van der Waals surface area contributed by atoms with Gasteiger partial charge in [-0.1, -0.05) is 34.1 Å². The Bertz CT molecular complexity index is 778. The lowest BCUT2D eigenvalue weighted by atomic mass is 10.1. The van der Waals surface area contributed by atoms with Gasteiger partial charge in [0.15, 0.2) is 5.96 Å². The number of nitrogens with one attached hydrogen (secondary N) is 2. The molecule has 2 N–H and O–H groups in total. The average Bonchev–Trinajstić information content (AvgIpc) is 3.20. The highest BCUT2D eigenvalue weighted by atomic mass is 79.9. The van der Waals surface area contributed by atoms with Crippen molar-refractivity contribution in [2.75, 3.05) is 45.2 Å². The lowest BCUT2D eigenvalue weighted by Crippen LogP contribution is -2.41. The predicted octanol–water partition coefficient (Wildman–Crippen LogP) is 3.69. The van der Waals surface area contributed by atoms with Gasteiger partial charge < -0.3 is 20.3 Å². The summed E-state index contributed by atoms with van der Waals surface area (Å²) in [5.74, 6) is 2.42. The van der Waals surface area contributed by atoms with Crippen molar-refractivity contribution in [1.82, 2.24) is 10.6 Å². The standard InChI is InChI=1S/C22H29BrN4O/c1-24-22(25-13-11-18-5-3-4-6-21(18)28-2)26-15-17-12-14-27(16-17)20-9-7-19(23)8-10-20/h3-10,17H,11-16H2,1-2H3,(H2,24,25,26). The maximum Gasteiger partial charge on any atom is 0.190 e. The molecule has 3 rings (SSSR count). The van der Waals surface area contributed by atoms with E-state index in [9.17, 15) is 0 Å². The zero-order valence-corrected chi connectivity index (χ0v) is 18.2. The second-order valence-corrected chi connectivity index (χ2v) is 7.93. The molecule has 1 aliphatic heterocycles. The average molecular weight is 445 g/mol. The Morgan fingerprint density at radius 1 is 1.18 bits per heavy atom. The fraction of sp³-hybridized carbons (Fsp3) is 0.409. The van der Waals surface area contributed by atoms with E-state index in [4.69, 9.17) is 4.74 Å². The normalized spacial score (nSPS) is 16.9. The number of hydrogen-bond acceptors (Lipinski definition) is 3. The minimum Gasteiger partial charge on any atom is -0.496 e. The van der Waals surface area contributed by atoms with Crippen molar-refractivity contribution in [1.29, 1.82) is 0 Å². The van der Waals surface area contributed by atoms with Crippen LogP contribution in [-0.2, 0) is 6.42 Å². The molecule has 150 valence electrons. The summed E-state index contributed by atoms with van der Waals surface area (Å²) < 4.78 is 6.54. The number of para-hydroxylation sites is 1. The second-order valence-electron chi connectivity index (χ2n) is 7.02. The van der Waals surface area contributed by atoms with Crippen molar-refractivity contribution < 1.29 is 4.74 Å². The molecule has 2 aromatic carbocycles. The first-order valence-electron chi connectivity index (χ1n) is 9.76. The van der Waals surface area contributed by atoms with E-state index in [-0.39, 0.29) is 0 Å². The molecule has 0 bridgehead atoms. The Balaban J connectivity index is 1.41. The molecule has 1 heterocycles. The SMILES string of the molecule is CN=C(NCCc1ccccc1OC)NCC1CCN(c2ccc(Br)cc2)C1. The number of guanidine groups is 1. The van der Waals surface area contributed by atoms with E-state index in [1.807, 2.05) is 25.2 Å². The highest BCUT2D eigenvalue weighted by Crippen LogP contribution is 2.25. The fourth-order valence-corrected chi connectivity index (χ4v) is 3.84.